The molecule has 3 nitrogen and oxygen atoms in total. The Morgan fingerprint density at radius 2 is 2.18 bits per heavy atom. The van der Waals surface area contributed by atoms with Crippen LogP contribution >= 0.6 is 0 Å². The van der Waals surface area contributed by atoms with Crippen LogP contribution in [-0.2, 0) is 0 Å². The van der Waals surface area contributed by atoms with Crippen molar-refractivity contribution in [1.29, 1.82) is 0 Å². The summed E-state index contributed by atoms with van der Waals surface area (Å²) < 4.78 is 0. The Labute approximate surface area is 106 Å². The van der Waals surface area contributed by atoms with Gasteiger partial charge in [-0.3, -0.25) is 0 Å². The molecule has 17 heavy (non-hydrogen) atoms. The van der Waals surface area contributed by atoms with Gasteiger partial charge in [0.05, 0.1) is 0 Å². The van der Waals surface area contributed by atoms with E-state index in [1.54, 1.807) is 0 Å². The summed E-state index contributed by atoms with van der Waals surface area (Å²) in [5.41, 5.74) is 5.92. The van der Waals surface area contributed by atoms with Crippen molar-refractivity contribution in [1.82, 2.24) is 5.32 Å². The first kappa shape index (κ1) is 14.9. The number of aliphatic hydroxyl groups is 1. The van der Waals surface area contributed by atoms with E-state index in [0.717, 1.165) is 31.2 Å². The SMILES string of the molecule is CCC(CCO)NC(CN)C1CCCC(C)C1. The van der Waals surface area contributed by atoms with Gasteiger partial charge in [-0.2, -0.15) is 0 Å². The monoisotopic (exact) mass is 242 g/mol. The Morgan fingerprint density at radius 3 is 2.71 bits per heavy atom. The number of hydrogen-bond donors (Lipinski definition) is 3. The zero-order valence-electron chi connectivity index (χ0n) is 11.5. The topological polar surface area (TPSA) is 58.3 Å². The summed E-state index contributed by atoms with van der Waals surface area (Å²) in [6.45, 7) is 5.51. The average molecular weight is 242 g/mol. The van der Waals surface area contributed by atoms with Crippen LogP contribution in [-0.4, -0.2) is 30.3 Å². The zero-order chi connectivity index (χ0) is 12.7. The van der Waals surface area contributed by atoms with E-state index in [-0.39, 0.29) is 6.61 Å². The molecule has 0 aliphatic heterocycles. The minimum absolute atomic E-state index is 0.268. The van der Waals surface area contributed by atoms with E-state index in [1.807, 2.05) is 0 Å². The molecule has 0 bridgehead atoms. The first-order valence-electron chi connectivity index (χ1n) is 7.28. The van der Waals surface area contributed by atoms with Gasteiger partial charge in [0.2, 0.25) is 0 Å². The molecule has 1 rings (SSSR count). The van der Waals surface area contributed by atoms with Crippen LogP contribution in [0.3, 0.4) is 0 Å². The lowest BCUT2D eigenvalue weighted by Gasteiger charge is -2.35. The predicted octanol–water partition coefficient (Wildman–Crippen LogP) is 1.89. The van der Waals surface area contributed by atoms with Crippen LogP contribution in [0.25, 0.3) is 0 Å². The van der Waals surface area contributed by atoms with Crippen LogP contribution in [0.1, 0.15) is 52.4 Å². The number of hydrogen-bond acceptors (Lipinski definition) is 3. The molecule has 0 saturated heterocycles. The van der Waals surface area contributed by atoms with E-state index >= 15 is 0 Å². The summed E-state index contributed by atoms with van der Waals surface area (Å²) in [5, 5.41) is 12.7. The molecule has 1 saturated carbocycles. The van der Waals surface area contributed by atoms with Crippen molar-refractivity contribution < 1.29 is 5.11 Å². The Bertz CT molecular complexity index is 199. The molecular weight excluding hydrogens is 212 g/mol. The second-order valence-corrected chi connectivity index (χ2v) is 5.66. The van der Waals surface area contributed by atoms with E-state index in [1.165, 1.54) is 25.7 Å². The van der Waals surface area contributed by atoms with Gasteiger partial charge in [-0.15, -0.1) is 0 Å². The van der Waals surface area contributed by atoms with E-state index in [9.17, 15) is 0 Å². The Hall–Kier alpha value is -0.120. The summed E-state index contributed by atoms with van der Waals surface area (Å²) in [6, 6.07) is 0.861. The summed E-state index contributed by atoms with van der Waals surface area (Å²) in [5.74, 6) is 1.58. The van der Waals surface area contributed by atoms with Crippen LogP contribution in [0.5, 0.6) is 0 Å². The normalized spacial score (nSPS) is 28.9. The highest BCUT2D eigenvalue weighted by atomic mass is 16.3. The second-order valence-electron chi connectivity index (χ2n) is 5.66. The van der Waals surface area contributed by atoms with Gasteiger partial charge in [-0.05, 0) is 37.5 Å². The molecule has 1 aliphatic carbocycles. The first-order valence-corrected chi connectivity index (χ1v) is 7.28. The number of aliphatic hydroxyl groups excluding tert-OH is 1. The van der Waals surface area contributed by atoms with Gasteiger partial charge in [-0.1, -0.05) is 26.7 Å². The quantitative estimate of drug-likeness (QED) is 0.639. The van der Waals surface area contributed by atoms with E-state index < -0.39 is 0 Å². The van der Waals surface area contributed by atoms with Crippen molar-refractivity contribution in [3.05, 3.63) is 0 Å². The van der Waals surface area contributed by atoms with Crippen LogP contribution in [0.2, 0.25) is 0 Å². The van der Waals surface area contributed by atoms with Gasteiger partial charge in [0, 0.05) is 25.2 Å². The zero-order valence-corrected chi connectivity index (χ0v) is 11.5. The molecule has 0 aromatic carbocycles. The molecule has 0 aromatic rings. The lowest BCUT2D eigenvalue weighted by Crippen LogP contribution is -2.48. The fraction of sp³-hybridized carbons (Fsp3) is 1.00. The molecule has 1 aliphatic rings. The van der Waals surface area contributed by atoms with E-state index in [4.69, 9.17) is 10.8 Å². The van der Waals surface area contributed by atoms with Gasteiger partial charge >= 0.3 is 0 Å². The van der Waals surface area contributed by atoms with Gasteiger partial charge < -0.3 is 16.2 Å². The lowest BCUT2D eigenvalue weighted by molar-refractivity contribution is 0.197. The van der Waals surface area contributed by atoms with Gasteiger partial charge in [0.1, 0.15) is 0 Å². The fourth-order valence-corrected chi connectivity index (χ4v) is 3.11. The van der Waals surface area contributed by atoms with Crippen molar-refractivity contribution in [2.75, 3.05) is 13.2 Å². The third-order valence-corrected chi connectivity index (χ3v) is 4.22. The standard InChI is InChI=1S/C14H30N2O/c1-3-13(7-8-17)16-14(10-15)12-6-4-5-11(2)9-12/h11-14,16-17H,3-10,15H2,1-2H3. The minimum Gasteiger partial charge on any atom is -0.396 e. The number of rotatable bonds is 7. The van der Waals surface area contributed by atoms with Crippen molar-refractivity contribution in [2.45, 2.75) is 64.5 Å². The fourth-order valence-electron chi connectivity index (χ4n) is 3.11. The molecule has 0 heterocycles. The summed E-state index contributed by atoms with van der Waals surface area (Å²) in [7, 11) is 0. The van der Waals surface area contributed by atoms with Crippen LogP contribution in [0, 0.1) is 11.8 Å². The lowest BCUT2D eigenvalue weighted by atomic mass is 9.78. The maximum absolute atomic E-state index is 9.03. The highest BCUT2D eigenvalue weighted by Crippen LogP contribution is 2.30. The van der Waals surface area contributed by atoms with E-state index in [2.05, 4.69) is 19.2 Å². The van der Waals surface area contributed by atoms with Crippen molar-refractivity contribution >= 4 is 0 Å². The molecule has 4 unspecified atom stereocenters. The van der Waals surface area contributed by atoms with Crippen LogP contribution in [0.15, 0.2) is 0 Å². The van der Waals surface area contributed by atoms with E-state index in [0.29, 0.717) is 12.1 Å². The molecular formula is C14H30N2O. The van der Waals surface area contributed by atoms with Gasteiger partial charge in [0.15, 0.2) is 0 Å². The van der Waals surface area contributed by atoms with Crippen LogP contribution < -0.4 is 11.1 Å². The Morgan fingerprint density at radius 1 is 1.41 bits per heavy atom. The third kappa shape index (κ3) is 4.94. The molecule has 0 spiro atoms. The van der Waals surface area contributed by atoms with Crippen molar-refractivity contribution in [2.24, 2.45) is 17.6 Å². The Kier molecular flexibility index (Phi) is 7.09. The maximum Gasteiger partial charge on any atom is 0.0445 e. The largest absolute Gasteiger partial charge is 0.396 e. The summed E-state index contributed by atoms with van der Waals surface area (Å²) in [4.78, 5) is 0. The third-order valence-electron chi connectivity index (χ3n) is 4.22. The molecule has 4 N–H and O–H groups in total. The molecule has 3 heteroatoms. The molecule has 0 radical (unpaired) electrons. The second kappa shape index (κ2) is 8.06. The van der Waals surface area contributed by atoms with Gasteiger partial charge in [-0.25, -0.2) is 0 Å². The predicted molar refractivity (Wildman–Crippen MR) is 72.9 cm³/mol. The molecule has 0 aromatic heterocycles. The first-order chi connectivity index (χ1) is 8.21. The summed E-state index contributed by atoms with van der Waals surface area (Å²) in [6.07, 6.45) is 7.26. The Balaban J connectivity index is 2.45. The molecule has 1 fully saturated rings. The number of nitrogens with two attached hydrogens (primary N) is 1. The number of nitrogens with one attached hydrogen (secondary N) is 1. The average Bonchev–Trinajstić information content (AvgIpc) is 2.34. The van der Waals surface area contributed by atoms with Crippen molar-refractivity contribution in [3.8, 4) is 0 Å². The molecule has 0 amide bonds. The highest BCUT2D eigenvalue weighted by molar-refractivity contribution is 4.84. The molecule has 102 valence electrons. The molecule has 4 atom stereocenters. The highest BCUT2D eigenvalue weighted by Gasteiger charge is 2.26. The smallest absolute Gasteiger partial charge is 0.0445 e. The maximum atomic E-state index is 9.03. The van der Waals surface area contributed by atoms with Crippen LogP contribution in [0.4, 0.5) is 0 Å². The minimum atomic E-state index is 0.268. The van der Waals surface area contributed by atoms with Crippen molar-refractivity contribution in [3.63, 3.8) is 0 Å². The van der Waals surface area contributed by atoms with Gasteiger partial charge in [0.25, 0.3) is 0 Å². The summed E-state index contributed by atoms with van der Waals surface area (Å²) >= 11 is 0.